The minimum absolute atomic E-state index is 0.0831. The van der Waals surface area contributed by atoms with Crippen LogP contribution >= 0.6 is 11.8 Å². The van der Waals surface area contributed by atoms with E-state index >= 15 is 0 Å². The number of piperazine rings is 1. The lowest BCUT2D eigenvalue weighted by Crippen LogP contribution is -2.51. The number of aromatic amines is 2. The number of H-pyrrole nitrogens is 2. The van der Waals surface area contributed by atoms with Crippen LogP contribution in [-0.2, 0) is 16.0 Å². The average molecular weight is 544 g/mol. The van der Waals surface area contributed by atoms with Crippen LogP contribution < -0.4 is 16.0 Å². The number of carbonyl (C=O) groups excluding carboxylic acids is 2. The molecular formula is C24H29N7O6S. The third-order valence-electron chi connectivity index (χ3n) is 5.75. The second-order valence-corrected chi connectivity index (χ2v) is 9.25. The smallest absolute Gasteiger partial charge is 0.409 e. The quantitative estimate of drug-likeness (QED) is 0.376. The van der Waals surface area contributed by atoms with Crippen molar-refractivity contribution >= 4 is 23.8 Å². The Morgan fingerprint density at radius 1 is 0.974 bits per heavy atom. The van der Waals surface area contributed by atoms with E-state index in [0.29, 0.717) is 61.8 Å². The van der Waals surface area contributed by atoms with Gasteiger partial charge in [0.1, 0.15) is 11.6 Å². The maximum Gasteiger partial charge on any atom is 0.409 e. The molecule has 1 aliphatic rings. The van der Waals surface area contributed by atoms with Gasteiger partial charge in [-0.25, -0.2) is 9.59 Å². The van der Waals surface area contributed by atoms with E-state index in [4.69, 9.17) is 9.47 Å². The second kappa shape index (κ2) is 12.4. The summed E-state index contributed by atoms with van der Waals surface area (Å²) < 4.78 is 12.4. The fourth-order valence-electron chi connectivity index (χ4n) is 3.98. The molecule has 3 aromatic rings. The van der Waals surface area contributed by atoms with E-state index in [9.17, 15) is 19.2 Å². The molecule has 0 bridgehead atoms. The zero-order valence-corrected chi connectivity index (χ0v) is 22.0. The second-order valence-electron chi connectivity index (χ2n) is 8.31. The van der Waals surface area contributed by atoms with Crippen LogP contribution in [0.25, 0.3) is 5.69 Å². The Labute approximate surface area is 222 Å². The Bertz CT molecular complexity index is 1350. The van der Waals surface area contributed by atoms with Gasteiger partial charge in [-0.2, -0.15) is 0 Å². The normalized spacial score (nSPS) is 13.4. The molecule has 2 amide bonds. The van der Waals surface area contributed by atoms with Crippen molar-refractivity contribution in [1.82, 2.24) is 34.5 Å². The van der Waals surface area contributed by atoms with Crippen molar-refractivity contribution in [1.29, 1.82) is 0 Å². The van der Waals surface area contributed by atoms with Gasteiger partial charge in [0, 0.05) is 50.0 Å². The number of carbonyl (C=O) groups is 2. The maximum absolute atomic E-state index is 12.9. The molecule has 0 aliphatic carbocycles. The van der Waals surface area contributed by atoms with Crippen LogP contribution in [0.3, 0.4) is 0 Å². The zero-order chi connectivity index (χ0) is 27.1. The number of hydrogen-bond acceptors (Lipinski definition) is 9. The molecule has 0 radical (unpaired) electrons. The molecule has 0 spiro atoms. The number of amides is 2. The van der Waals surface area contributed by atoms with E-state index in [-0.39, 0.29) is 24.2 Å². The molecule has 1 fully saturated rings. The first kappa shape index (κ1) is 27.0. The molecule has 3 heterocycles. The molecule has 0 unspecified atom stereocenters. The van der Waals surface area contributed by atoms with E-state index in [2.05, 4.69) is 20.2 Å². The highest BCUT2D eigenvalue weighted by Crippen LogP contribution is 2.25. The van der Waals surface area contributed by atoms with Gasteiger partial charge >= 0.3 is 11.8 Å². The van der Waals surface area contributed by atoms with E-state index in [1.165, 1.54) is 17.8 Å². The molecule has 14 heteroatoms. The van der Waals surface area contributed by atoms with Gasteiger partial charge in [-0.3, -0.25) is 19.1 Å². The third kappa shape index (κ3) is 6.62. The number of nitrogens with zero attached hydrogens (tertiary/aromatic N) is 5. The Morgan fingerprint density at radius 2 is 1.68 bits per heavy atom. The summed E-state index contributed by atoms with van der Waals surface area (Å²) in [5, 5.41) is 9.06. The highest BCUT2D eigenvalue weighted by Gasteiger charge is 2.25. The Morgan fingerprint density at radius 3 is 2.34 bits per heavy atom. The largest absolute Gasteiger partial charge is 0.494 e. The van der Waals surface area contributed by atoms with Crippen molar-refractivity contribution in [2.75, 3.05) is 45.1 Å². The lowest BCUT2D eigenvalue weighted by atomic mass is 10.2. The molecule has 0 atom stereocenters. The predicted molar refractivity (Wildman–Crippen MR) is 139 cm³/mol. The Kier molecular flexibility index (Phi) is 8.84. The summed E-state index contributed by atoms with van der Waals surface area (Å²) in [6.45, 7) is 6.16. The van der Waals surface area contributed by atoms with Gasteiger partial charge in [0.25, 0.3) is 5.56 Å². The molecule has 13 nitrogen and oxygen atoms in total. The summed E-state index contributed by atoms with van der Waals surface area (Å²) in [6.07, 6.45) is -0.226. The summed E-state index contributed by atoms with van der Waals surface area (Å²) >= 11 is 1.23. The molecular weight excluding hydrogens is 514 g/mol. The van der Waals surface area contributed by atoms with E-state index < -0.39 is 11.2 Å². The van der Waals surface area contributed by atoms with Gasteiger partial charge in [-0.15, -0.1) is 10.2 Å². The molecule has 2 N–H and O–H groups in total. The number of rotatable bonds is 9. The molecule has 38 heavy (non-hydrogen) atoms. The van der Waals surface area contributed by atoms with Gasteiger partial charge in [0.2, 0.25) is 5.91 Å². The fourth-order valence-corrected chi connectivity index (χ4v) is 4.86. The molecule has 1 aliphatic heterocycles. The number of ether oxygens (including phenoxy) is 2. The van der Waals surface area contributed by atoms with Crippen LogP contribution in [0.2, 0.25) is 0 Å². The minimum Gasteiger partial charge on any atom is -0.494 e. The van der Waals surface area contributed by atoms with Gasteiger partial charge in [0.15, 0.2) is 5.16 Å². The van der Waals surface area contributed by atoms with Gasteiger partial charge < -0.3 is 24.3 Å². The number of aromatic nitrogens is 5. The summed E-state index contributed by atoms with van der Waals surface area (Å²) in [7, 11) is 0. The minimum atomic E-state index is -0.608. The molecule has 4 rings (SSSR count). The van der Waals surface area contributed by atoms with Crippen molar-refractivity contribution in [3.05, 3.63) is 62.7 Å². The lowest BCUT2D eigenvalue weighted by molar-refractivity contribution is -0.129. The van der Waals surface area contributed by atoms with Gasteiger partial charge in [-0.1, -0.05) is 11.8 Å². The first-order valence-electron chi connectivity index (χ1n) is 12.2. The van der Waals surface area contributed by atoms with Gasteiger partial charge in [0.05, 0.1) is 19.0 Å². The van der Waals surface area contributed by atoms with E-state index in [1.807, 2.05) is 31.2 Å². The number of hydrogen-bond donors (Lipinski definition) is 2. The van der Waals surface area contributed by atoms with Crippen molar-refractivity contribution in [3.8, 4) is 11.4 Å². The predicted octanol–water partition coefficient (Wildman–Crippen LogP) is 1.03. The Balaban J connectivity index is 1.51. The summed E-state index contributed by atoms with van der Waals surface area (Å²) in [5.41, 5.74) is -0.00825. The van der Waals surface area contributed by atoms with Crippen LogP contribution in [0, 0.1) is 0 Å². The molecule has 202 valence electrons. The van der Waals surface area contributed by atoms with E-state index in [0.717, 1.165) is 5.69 Å². The molecule has 1 aromatic carbocycles. The summed E-state index contributed by atoms with van der Waals surface area (Å²) in [5.74, 6) is 1.22. The fraction of sp³-hybridized carbons (Fsp3) is 0.417. The molecule has 2 aromatic heterocycles. The molecule has 0 saturated carbocycles. The standard InChI is InChI=1S/C24H29N7O6S/c1-3-36-18-7-5-17(6-8-18)31-19(13-16-14-20(32)26-22(34)25-16)27-28-23(31)38-15-21(33)29-9-11-30(12-10-29)24(35)37-4-2/h5-8,14H,3-4,9-13,15H2,1-2H3,(H2,25,26,32,34). The zero-order valence-electron chi connectivity index (χ0n) is 21.1. The highest BCUT2D eigenvalue weighted by atomic mass is 32.2. The van der Waals surface area contributed by atoms with Crippen LogP contribution in [0.4, 0.5) is 4.79 Å². The van der Waals surface area contributed by atoms with Crippen LogP contribution in [0.15, 0.2) is 45.1 Å². The highest BCUT2D eigenvalue weighted by molar-refractivity contribution is 7.99. The Hall–Kier alpha value is -4.07. The number of benzene rings is 1. The monoisotopic (exact) mass is 543 g/mol. The average Bonchev–Trinajstić information content (AvgIpc) is 3.29. The number of nitrogens with one attached hydrogen (secondary N) is 2. The maximum atomic E-state index is 12.9. The van der Waals surface area contributed by atoms with Gasteiger partial charge in [-0.05, 0) is 38.1 Å². The third-order valence-corrected chi connectivity index (χ3v) is 6.67. The first-order chi connectivity index (χ1) is 18.4. The lowest BCUT2D eigenvalue weighted by Gasteiger charge is -2.34. The van der Waals surface area contributed by atoms with Crippen molar-refractivity contribution in [2.24, 2.45) is 0 Å². The van der Waals surface area contributed by atoms with Crippen LogP contribution in [0.1, 0.15) is 25.4 Å². The van der Waals surface area contributed by atoms with Crippen LogP contribution in [-0.4, -0.2) is 91.7 Å². The summed E-state index contributed by atoms with van der Waals surface area (Å²) in [6, 6.07) is 8.63. The van der Waals surface area contributed by atoms with E-state index in [1.54, 1.807) is 21.3 Å². The van der Waals surface area contributed by atoms with Crippen molar-refractivity contribution in [3.63, 3.8) is 0 Å². The number of thioether (sulfide) groups is 1. The molecule has 1 saturated heterocycles. The van der Waals surface area contributed by atoms with Crippen LogP contribution in [0.5, 0.6) is 5.75 Å². The first-order valence-corrected chi connectivity index (χ1v) is 13.2. The topological polar surface area (TPSA) is 156 Å². The summed E-state index contributed by atoms with van der Waals surface area (Å²) in [4.78, 5) is 56.4. The van der Waals surface area contributed by atoms with Crippen molar-refractivity contribution < 1.29 is 19.1 Å². The SMILES string of the molecule is CCOC(=O)N1CCN(C(=O)CSc2nnc(Cc3cc(=O)[nH]c(=O)[nH]3)n2-c2ccc(OCC)cc2)CC1. The van der Waals surface area contributed by atoms with Crippen molar-refractivity contribution in [2.45, 2.75) is 25.4 Å².